The maximum absolute atomic E-state index is 12.4. The fraction of sp³-hybridized carbons (Fsp3) is 0.214. The van der Waals surface area contributed by atoms with E-state index in [-0.39, 0.29) is 5.75 Å². The van der Waals surface area contributed by atoms with Crippen molar-refractivity contribution < 1.29 is 19.4 Å². The number of carboxylic acids is 1. The third-order valence-electron chi connectivity index (χ3n) is 6.14. The molecule has 4 aromatic rings. The van der Waals surface area contributed by atoms with Crippen LogP contribution in [0, 0.1) is 11.3 Å². The minimum absolute atomic E-state index is 0.277. The number of pyridine rings is 1. The zero-order valence-electron chi connectivity index (χ0n) is 20.5. The van der Waals surface area contributed by atoms with Crippen LogP contribution in [0.25, 0.3) is 21.8 Å². The Morgan fingerprint density at radius 3 is 2.64 bits per heavy atom. The van der Waals surface area contributed by atoms with E-state index in [9.17, 15) is 9.90 Å². The molecule has 0 saturated heterocycles. The molecule has 2 aromatic heterocycles. The lowest BCUT2D eigenvalue weighted by Crippen LogP contribution is -2.38. The van der Waals surface area contributed by atoms with Gasteiger partial charge in [-0.3, -0.25) is 9.67 Å². The number of fused-ring (bicyclic) bond motifs is 3. The Hall–Kier alpha value is -4.64. The van der Waals surface area contributed by atoms with Crippen molar-refractivity contribution in [1.82, 2.24) is 14.8 Å². The molecule has 0 saturated carbocycles. The summed E-state index contributed by atoms with van der Waals surface area (Å²) in [5.41, 5.74) is 1.69. The summed E-state index contributed by atoms with van der Waals surface area (Å²) in [6, 6.07) is 14.4. The second-order valence-electron chi connectivity index (χ2n) is 8.38. The number of methoxy groups -OCH3 is 1. The van der Waals surface area contributed by atoms with Gasteiger partial charge in [-0.25, -0.2) is 4.79 Å². The lowest BCUT2D eigenvalue weighted by Gasteiger charge is -2.27. The molecule has 0 fully saturated rings. The molecule has 4 rings (SSSR count). The normalized spacial score (nSPS) is 13.6. The number of carboxylic acid groups (broad SMARTS) is 1. The molecule has 0 radical (unpaired) electrons. The quantitative estimate of drug-likeness (QED) is 0.275. The molecule has 8 nitrogen and oxygen atoms in total. The van der Waals surface area contributed by atoms with E-state index in [0.29, 0.717) is 28.8 Å². The first-order chi connectivity index (χ1) is 17.3. The largest absolute Gasteiger partial charge is 0.493 e. The van der Waals surface area contributed by atoms with E-state index in [4.69, 9.17) is 14.7 Å². The molecule has 2 heterocycles. The number of aliphatic carboxylic acids is 1. The number of nitrogens with zero attached hydrogens (tertiary/aromatic N) is 4. The van der Waals surface area contributed by atoms with Gasteiger partial charge in [0.25, 0.3) is 0 Å². The molecule has 182 valence electrons. The summed E-state index contributed by atoms with van der Waals surface area (Å²) in [6.45, 7) is 3.33. The second kappa shape index (κ2) is 9.92. The summed E-state index contributed by atoms with van der Waals surface area (Å²) in [7, 11) is 3.34. The number of rotatable bonds is 8. The summed E-state index contributed by atoms with van der Waals surface area (Å²) >= 11 is 0. The molecular formula is C28H26N4O4. The van der Waals surface area contributed by atoms with Crippen LogP contribution in [-0.2, 0) is 23.9 Å². The number of hydrogen-bond acceptors (Lipinski definition) is 6. The fourth-order valence-corrected chi connectivity index (χ4v) is 4.10. The molecule has 0 spiro atoms. The summed E-state index contributed by atoms with van der Waals surface area (Å²) in [5, 5.41) is 25.6. The van der Waals surface area contributed by atoms with Crippen molar-refractivity contribution in [1.29, 1.82) is 5.26 Å². The van der Waals surface area contributed by atoms with Crippen molar-refractivity contribution in [2.24, 2.45) is 7.05 Å². The summed E-state index contributed by atoms with van der Waals surface area (Å²) in [6.07, 6.45) is 7.64. The molecular weight excluding hydrogens is 456 g/mol. The van der Waals surface area contributed by atoms with Gasteiger partial charge >= 0.3 is 5.97 Å². The van der Waals surface area contributed by atoms with Gasteiger partial charge in [-0.1, -0.05) is 42.5 Å². The van der Waals surface area contributed by atoms with Crippen molar-refractivity contribution in [3.8, 4) is 17.6 Å². The zero-order chi connectivity index (χ0) is 25.9. The van der Waals surface area contributed by atoms with Gasteiger partial charge in [0.2, 0.25) is 5.60 Å². The van der Waals surface area contributed by atoms with Gasteiger partial charge in [-0.15, -0.1) is 0 Å². The van der Waals surface area contributed by atoms with Gasteiger partial charge in [0.05, 0.1) is 36.1 Å². The van der Waals surface area contributed by atoms with Gasteiger partial charge in [0.15, 0.2) is 11.5 Å². The highest BCUT2D eigenvalue weighted by molar-refractivity contribution is 6.07. The van der Waals surface area contributed by atoms with Crippen molar-refractivity contribution in [2.45, 2.75) is 25.9 Å². The number of hydrogen-bond donors (Lipinski definition) is 1. The van der Waals surface area contributed by atoms with Gasteiger partial charge < -0.3 is 14.6 Å². The number of carbonyl (C=O) groups is 1. The molecule has 1 unspecified atom stereocenters. The van der Waals surface area contributed by atoms with Gasteiger partial charge in [0.1, 0.15) is 0 Å². The van der Waals surface area contributed by atoms with Crippen LogP contribution in [0.4, 0.5) is 0 Å². The molecule has 36 heavy (non-hydrogen) atoms. The number of aryl methyl sites for hydroxylation is 1. The van der Waals surface area contributed by atoms with Crippen molar-refractivity contribution >= 4 is 27.8 Å². The summed E-state index contributed by atoms with van der Waals surface area (Å²) in [5.74, 6) is -0.481. The first-order valence-corrected chi connectivity index (χ1v) is 11.4. The zero-order valence-corrected chi connectivity index (χ0v) is 20.5. The molecule has 0 aliphatic carbocycles. The Balaban J connectivity index is 1.88. The Morgan fingerprint density at radius 2 is 2.00 bits per heavy atom. The molecule has 8 heteroatoms. The van der Waals surface area contributed by atoms with Crippen LogP contribution >= 0.6 is 0 Å². The molecule has 2 aromatic carbocycles. The number of allylic oxidation sites excluding steroid dienone is 4. The van der Waals surface area contributed by atoms with Crippen LogP contribution in [0.5, 0.6) is 11.5 Å². The Kier molecular flexibility index (Phi) is 6.75. The molecule has 0 amide bonds. The number of aromatic nitrogens is 3. The van der Waals surface area contributed by atoms with E-state index in [0.717, 1.165) is 22.0 Å². The number of ether oxygens (including phenoxy) is 2. The minimum atomic E-state index is -1.65. The number of benzene rings is 2. The molecule has 0 aliphatic heterocycles. The maximum Gasteiger partial charge on any atom is 0.352 e. The highest BCUT2D eigenvalue weighted by atomic mass is 16.5. The first-order valence-electron chi connectivity index (χ1n) is 11.4. The van der Waals surface area contributed by atoms with Crippen molar-refractivity contribution in [3.63, 3.8) is 0 Å². The molecule has 1 N–H and O–H groups in total. The third kappa shape index (κ3) is 4.39. The monoisotopic (exact) mass is 482 g/mol. The number of nitriles is 1. The standard InChI is InChI=1S/C28H26N4O4/c1-5-18(16-29)10-9-13-21-26-20-14-25(36-28(2,27(33)34)19-11-7-6-8-12-19)24(35-4)15-22(20)30-17-23(26)32(3)31-21/h5-12,14-15,17H,13H2,1-4H3,(H,33,34). The smallest absolute Gasteiger partial charge is 0.352 e. The van der Waals surface area contributed by atoms with E-state index >= 15 is 0 Å². The Bertz CT molecular complexity index is 1550. The molecule has 1 atom stereocenters. The van der Waals surface area contributed by atoms with Crippen LogP contribution in [0.15, 0.2) is 72.5 Å². The second-order valence-corrected chi connectivity index (χ2v) is 8.38. The van der Waals surface area contributed by atoms with E-state index in [2.05, 4.69) is 16.2 Å². The van der Waals surface area contributed by atoms with Crippen LogP contribution in [0.2, 0.25) is 0 Å². The van der Waals surface area contributed by atoms with E-state index in [1.54, 1.807) is 59.4 Å². The predicted molar refractivity (Wildman–Crippen MR) is 137 cm³/mol. The Labute approximate surface area is 208 Å². The van der Waals surface area contributed by atoms with Gasteiger partial charge in [0, 0.05) is 41.4 Å². The van der Waals surface area contributed by atoms with Crippen LogP contribution in [-0.4, -0.2) is 33.0 Å². The highest BCUT2D eigenvalue weighted by Crippen LogP contribution is 2.39. The van der Waals surface area contributed by atoms with Crippen LogP contribution in [0.3, 0.4) is 0 Å². The molecule has 0 bridgehead atoms. The SMILES string of the molecule is CC=C(C#N)C=CCc1nn(C)c2cnc3cc(OC)c(OC(C)(C(=O)O)c4ccccc4)cc3c12. The van der Waals surface area contributed by atoms with Crippen LogP contribution < -0.4 is 9.47 Å². The summed E-state index contributed by atoms with van der Waals surface area (Å²) < 4.78 is 13.5. The van der Waals surface area contributed by atoms with Crippen molar-refractivity contribution in [3.05, 3.63) is 83.7 Å². The van der Waals surface area contributed by atoms with E-state index in [1.165, 1.54) is 14.0 Å². The maximum atomic E-state index is 12.4. The lowest BCUT2D eigenvalue weighted by atomic mass is 9.95. The highest BCUT2D eigenvalue weighted by Gasteiger charge is 2.38. The van der Waals surface area contributed by atoms with E-state index < -0.39 is 11.6 Å². The average Bonchev–Trinajstić information content (AvgIpc) is 3.22. The summed E-state index contributed by atoms with van der Waals surface area (Å²) in [4.78, 5) is 16.9. The average molecular weight is 483 g/mol. The lowest BCUT2D eigenvalue weighted by molar-refractivity contribution is -0.154. The Morgan fingerprint density at radius 1 is 1.25 bits per heavy atom. The molecule has 0 aliphatic rings. The van der Waals surface area contributed by atoms with Gasteiger partial charge in [-0.2, -0.15) is 10.4 Å². The topological polar surface area (TPSA) is 110 Å². The minimum Gasteiger partial charge on any atom is -0.493 e. The van der Waals surface area contributed by atoms with Crippen LogP contribution in [0.1, 0.15) is 25.1 Å². The van der Waals surface area contributed by atoms with Crippen molar-refractivity contribution in [2.75, 3.05) is 7.11 Å². The van der Waals surface area contributed by atoms with Gasteiger partial charge in [-0.05, 0) is 26.0 Å². The van der Waals surface area contributed by atoms with E-state index in [1.807, 2.05) is 26.1 Å². The first kappa shape index (κ1) is 24.5. The fourth-order valence-electron chi connectivity index (χ4n) is 4.10. The third-order valence-corrected chi connectivity index (χ3v) is 6.14. The predicted octanol–water partition coefficient (Wildman–Crippen LogP) is 5.08.